The van der Waals surface area contributed by atoms with E-state index >= 15 is 0 Å². The van der Waals surface area contributed by atoms with Crippen molar-refractivity contribution in [1.82, 2.24) is 14.8 Å². The van der Waals surface area contributed by atoms with Crippen molar-refractivity contribution < 1.29 is 9.53 Å². The van der Waals surface area contributed by atoms with Crippen LogP contribution in [-0.4, -0.2) is 26.4 Å². The monoisotopic (exact) mass is 510 g/mol. The molecular formula is C22H21Cl3N4O2S. The molecule has 0 saturated carbocycles. The molecule has 32 heavy (non-hydrogen) atoms. The minimum Gasteiger partial charge on any atom is -0.485 e. The number of thioether (sulfide) groups is 1. The average Bonchev–Trinajstić information content (AvgIpc) is 3.12. The Labute approximate surface area is 205 Å². The topological polar surface area (TPSA) is 69.0 Å². The Hall–Kier alpha value is -2.19. The van der Waals surface area contributed by atoms with Gasteiger partial charge in [-0.25, -0.2) is 0 Å². The van der Waals surface area contributed by atoms with Gasteiger partial charge in [-0.3, -0.25) is 9.36 Å². The van der Waals surface area contributed by atoms with Crippen LogP contribution in [0.5, 0.6) is 5.75 Å². The van der Waals surface area contributed by atoms with Crippen LogP contribution in [0.25, 0.3) is 0 Å². The third-order valence-corrected chi connectivity index (χ3v) is 6.41. The van der Waals surface area contributed by atoms with Crippen molar-refractivity contribution in [1.29, 1.82) is 0 Å². The third-order valence-electron chi connectivity index (χ3n) is 4.41. The number of anilines is 1. The largest absolute Gasteiger partial charge is 0.485 e. The van der Waals surface area contributed by atoms with Crippen molar-refractivity contribution in [2.45, 2.75) is 32.2 Å². The molecule has 1 heterocycles. The molecule has 168 valence electrons. The first-order chi connectivity index (χ1) is 15.3. The van der Waals surface area contributed by atoms with Crippen LogP contribution in [0.4, 0.5) is 5.69 Å². The highest BCUT2D eigenvalue weighted by molar-refractivity contribution is 7.99. The number of nitrogens with one attached hydrogen (secondary N) is 1. The summed E-state index contributed by atoms with van der Waals surface area (Å²) in [7, 11) is 0. The predicted octanol–water partition coefficient (Wildman–Crippen LogP) is 6.35. The minimum absolute atomic E-state index is 0.101. The van der Waals surface area contributed by atoms with Crippen molar-refractivity contribution in [2.24, 2.45) is 0 Å². The van der Waals surface area contributed by atoms with E-state index in [1.807, 2.05) is 30.5 Å². The number of carbonyl (C=O) groups excluding carboxylic acids is 1. The molecule has 0 aliphatic rings. The fourth-order valence-electron chi connectivity index (χ4n) is 2.88. The van der Waals surface area contributed by atoms with Crippen molar-refractivity contribution in [3.63, 3.8) is 0 Å². The van der Waals surface area contributed by atoms with Gasteiger partial charge in [-0.05, 0) is 37.6 Å². The number of amides is 1. The van der Waals surface area contributed by atoms with E-state index in [2.05, 4.69) is 28.2 Å². The summed E-state index contributed by atoms with van der Waals surface area (Å²) in [4.78, 5) is 12.4. The fraction of sp³-hybridized carbons (Fsp3) is 0.227. The molecule has 10 heteroatoms. The van der Waals surface area contributed by atoms with Gasteiger partial charge in [0.2, 0.25) is 5.91 Å². The van der Waals surface area contributed by atoms with Gasteiger partial charge in [0, 0.05) is 6.54 Å². The van der Waals surface area contributed by atoms with Gasteiger partial charge in [0.1, 0.15) is 12.4 Å². The van der Waals surface area contributed by atoms with E-state index in [1.54, 1.807) is 6.08 Å². The molecule has 0 aliphatic carbocycles. The summed E-state index contributed by atoms with van der Waals surface area (Å²) in [6.07, 6.45) is 1.74. The summed E-state index contributed by atoms with van der Waals surface area (Å²) in [5.41, 5.74) is 2.61. The number of aromatic nitrogens is 3. The van der Waals surface area contributed by atoms with E-state index in [0.29, 0.717) is 38.3 Å². The van der Waals surface area contributed by atoms with Gasteiger partial charge < -0.3 is 10.1 Å². The molecule has 3 rings (SSSR count). The molecule has 1 amide bonds. The summed E-state index contributed by atoms with van der Waals surface area (Å²) in [5, 5.41) is 12.7. The molecule has 0 atom stereocenters. The quantitative estimate of drug-likeness (QED) is 0.206. The molecule has 0 saturated heterocycles. The van der Waals surface area contributed by atoms with Gasteiger partial charge in [-0.1, -0.05) is 70.3 Å². The summed E-state index contributed by atoms with van der Waals surface area (Å²) in [6, 6.07) is 8.99. The number of carbonyl (C=O) groups is 1. The van der Waals surface area contributed by atoms with Crippen LogP contribution in [0.1, 0.15) is 17.0 Å². The number of benzene rings is 2. The SMILES string of the molecule is C=CCn1c(COc2ccc(C)cc2C)nnc1SCC(=O)Nc1cc(Cl)c(Cl)cc1Cl. The first kappa shape index (κ1) is 24.5. The minimum atomic E-state index is -0.267. The van der Waals surface area contributed by atoms with Crippen LogP contribution >= 0.6 is 46.6 Å². The Bertz CT molecular complexity index is 1150. The zero-order chi connectivity index (χ0) is 23.3. The first-order valence-electron chi connectivity index (χ1n) is 9.58. The lowest BCUT2D eigenvalue weighted by Gasteiger charge is -2.11. The van der Waals surface area contributed by atoms with Crippen LogP contribution in [0.2, 0.25) is 15.1 Å². The molecule has 0 radical (unpaired) electrons. The maximum absolute atomic E-state index is 12.4. The number of ether oxygens (including phenoxy) is 1. The lowest BCUT2D eigenvalue weighted by atomic mass is 10.1. The van der Waals surface area contributed by atoms with E-state index in [1.165, 1.54) is 29.5 Å². The number of halogens is 3. The van der Waals surface area contributed by atoms with Gasteiger partial charge in [-0.2, -0.15) is 0 Å². The molecule has 0 unspecified atom stereocenters. The number of nitrogens with zero attached hydrogens (tertiary/aromatic N) is 3. The zero-order valence-corrected chi connectivity index (χ0v) is 20.6. The molecule has 1 aromatic heterocycles. The number of rotatable bonds is 9. The molecule has 0 fully saturated rings. The summed E-state index contributed by atoms with van der Waals surface area (Å²) in [6.45, 7) is 8.56. The maximum Gasteiger partial charge on any atom is 0.234 e. The second-order valence-electron chi connectivity index (χ2n) is 6.94. The van der Waals surface area contributed by atoms with E-state index in [-0.39, 0.29) is 18.3 Å². The van der Waals surface area contributed by atoms with Gasteiger partial charge in [-0.15, -0.1) is 16.8 Å². The van der Waals surface area contributed by atoms with Crippen molar-refractivity contribution >= 4 is 58.2 Å². The molecule has 6 nitrogen and oxygen atoms in total. The third kappa shape index (κ3) is 6.19. The molecule has 1 N–H and O–H groups in total. The Morgan fingerprint density at radius 2 is 1.91 bits per heavy atom. The molecule has 2 aromatic carbocycles. The number of allylic oxidation sites excluding steroid dienone is 1. The van der Waals surface area contributed by atoms with Gasteiger partial charge in [0.15, 0.2) is 11.0 Å². The Kier molecular flexibility index (Phi) is 8.48. The molecule has 3 aromatic rings. The van der Waals surface area contributed by atoms with Crippen molar-refractivity contribution in [3.8, 4) is 5.75 Å². The smallest absolute Gasteiger partial charge is 0.234 e. The number of hydrogen-bond donors (Lipinski definition) is 1. The summed E-state index contributed by atoms with van der Waals surface area (Å²) in [5.74, 6) is 1.26. The van der Waals surface area contributed by atoms with Crippen molar-refractivity contribution in [3.05, 3.63) is 75.0 Å². The molecule has 0 bridgehead atoms. The van der Waals surface area contributed by atoms with Gasteiger partial charge in [0.25, 0.3) is 0 Å². The van der Waals surface area contributed by atoms with E-state index in [0.717, 1.165) is 11.3 Å². The normalized spacial score (nSPS) is 10.8. The highest BCUT2D eigenvalue weighted by atomic mass is 35.5. The molecular weight excluding hydrogens is 491 g/mol. The summed E-state index contributed by atoms with van der Waals surface area (Å²) >= 11 is 19.3. The number of aryl methyl sites for hydroxylation is 2. The van der Waals surface area contributed by atoms with Gasteiger partial charge >= 0.3 is 0 Å². The lowest BCUT2D eigenvalue weighted by Crippen LogP contribution is -2.15. The second-order valence-corrected chi connectivity index (χ2v) is 9.10. The highest BCUT2D eigenvalue weighted by Crippen LogP contribution is 2.32. The van der Waals surface area contributed by atoms with Crippen LogP contribution in [0, 0.1) is 13.8 Å². The average molecular weight is 512 g/mol. The predicted molar refractivity (Wildman–Crippen MR) is 131 cm³/mol. The van der Waals surface area contributed by atoms with E-state index in [9.17, 15) is 4.79 Å². The van der Waals surface area contributed by atoms with Crippen LogP contribution < -0.4 is 10.1 Å². The van der Waals surface area contributed by atoms with Crippen LogP contribution in [0.15, 0.2) is 48.1 Å². The Morgan fingerprint density at radius 3 is 2.62 bits per heavy atom. The zero-order valence-electron chi connectivity index (χ0n) is 17.5. The first-order valence-corrected chi connectivity index (χ1v) is 11.7. The van der Waals surface area contributed by atoms with Crippen LogP contribution in [-0.2, 0) is 17.9 Å². The second kappa shape index (κ2) is 11.1. The standard InChI is InChI=1S/C22H21Cl3N4O2S/c1-4-7-29-20(11-31-19-6-5-13(2)8-14(19)3)27-28-22(29)32-12-21(30)26-18-10-16(24)15(23)9-17(18)25/h4-6,8-10H,1,7,11-12H2,2-3H3,(H,26,30). The van der Waals surface area contributed by atoms with E-state index < -0.39 is 0 Å². The van der Waals surface area contributed by atoms with Crippen LogP contribution in [0.3, 0.4) is 0 Å². The van der Waals surface area contributed by atoms with E-state index in [4.69, 9.17) is 39.5 Å². The number of hydrogen-bond acceptors (Lipinski definition) is 5. The molecule has 0 spiro atoms. The Morgan fingerprint density at radius 1 is 1.16 bits per heavy atom. The Balaban J connectivity index is 1.65. The van der Waals surface area contributed by atoms with Crippen molar-refractivity contribution in [2.75, 3.05) is 11.1 Å². The lowest BCUT2D eigenvalue weighted by molar-refractivity contribution is -0.113. The highest BCUT2D eigenvalue weighted by Gasteiger charge is 2.16. The maximum atomic E-state index is 12.4. The molecule has 0 aliphatic heterocycles. The van der Waals surface area contributed by atoms with Gasteiger partial charge in [0.05, 0.1) is 26.5 Å². The fourth-order valence-corrected chi connectivity index (χ4v) is 4.24. The summed E-state index contributed by atoms with van der Waals surface area (Å²) < 4.78 is 7.79.